The molecule has 1 unspecified atom stereocenters. The van der Waals surface area contributed by atoms with E-state index in [4.69, 9.17) is 4.74 Å². The van der Waals surface area contributed by atoms with E-state index in [1.807, 2.05) is 6.92 Å². The Bertz CT molecular complexity index is 297. The van der Waals surface area contributed by atoms with Gasteiger partial charge in [0.1, 0.15) is 11.4 Å². The first kappa shape index (κ1) is 11.1. The SMILES string of the molecule is CCOCC(C)(O)c1cccc(F)c1. The molecule has 3 heteroatoms. The smallest absolute Gasteiger partial charge is 0.123 e. The van der Waals surface area contributed by atoms with Crippen molar-refractivity contribution in [2.24, 2.45) is 0 Å². The molecule has 0 saturated heterocycles. The van der Waals surface area contributed by atoms with Gasteiger partial charge in [-0.05, 0) is 31.5 Å². The van der Waals surface area contributed by atoms with Gasteiger partial charge in [0.15, 0.2) is 0 Å². The molecule has 0 saturated carbocycles. The summed E-state index contributed by atoms with van der Waals surface area (Å²) in [5.74, 6) is -0.348. The zero-order valence-corrected chi connectivity index (χ0v) is 8.46. The normalized spacial score (nSPS) is 15.1. The Morgan fingerprint density at radius 1 is 1.50 bits per heavy atom. The van der Waals surface area contributed by atoms with Crippen molar-refractivity contribution < 1.29 is 14.2 Å². The van der Waals surface area contributed by atoms with Crippen molar-refractivity contribution in [2.75, 3.05) is 13.2 Å². The van der Waals surface area contributed by atoms with Crippen LogP contribution in [-0.4, -0.2) is 18.3 Å². The molecule has 0 radical (unpaired) electrons. The zero-order chi connectivity index (χ0) is 10.6. The van der Waals surface area contributed by atoms with Crippen LogP contribution in [0.2, 0.25) is 0 Å². The Kier molecular flexibility index (Phi) is 3.61. The van der Waals surface area contributed by atoms with Crippen LogP contribution in [0.4, 0.5) is 4.39 Å². The first-order valence-corrected chi connectivity index (χ1v) is 4.62. The molecule has 0 bridgehead atoms. The molecular weight excluding hydrogens is 183 g/mol. The van der Waals surface area contributed by atoms with Crippen molar-refractivity contribution in [3.63, 3.8) is 0 Å². The fourth-order valence-corrected chi connectivity index (χ4v) is 1.21. The summed E-state index contributed by atoms with van der Waals surface area (Å²) in [5, 5.41) is 9.95. The number of halogens is 1. The van der Waals surface area contributed by atoms with Gasteiger partial charge in [-0.2, -0.15) is 0 Å². The molecule has 0 heterocycles. The molecule has 0 spiro atoms. The Labute approximate surface area is 83.3 Å². The largest absolute Gasteiger partial charge is 0.383 e. The van der Waals surface area contributed by atoms with Crippen molar-refractivity contribution in [3.05, 3.63) is 35.6 Å². The molecule has 0 aromatic heterocycles. The van der Waals surface area contributed by atoms with Gasteiger partial charge >= 0.3 is 0 Å². The molecule has 78 valence electrons. The van der Waals surface area contributed by atoms with Gasteiger partial charge in [0, 0.05) is 6.61 Å². The predicted molar refractivity (Wildman–Crippen MR) is 52.5 cm³/mol. The topological polar surface area (TPSA) is 29.5 Å². The van der Waals surface area contributed by atoms with Crippen LogP contribution in [0.25, 0.3) is 0 Å². The second-order valence-electron chi connectivity index (χ2n) is 3.42. The third-order valence-electron chi connectivity index (χ3n) is 2.03. The first-order chi connectivity index (χ1) is 6.56. The molecule has 14 heavy (non-hydrogen) atoms. The molecule has 1 rings (SSSR count). The number of hydrogen-bond donors (Lipinski definition) is 1. The van der Waals surface area contributed by atoms with E-state index in [0.717, 1.165) is 0 Å². The molecule has 0 fully saturated rings. The highest BCUT2D eigenvalue weighted by atomic mass is 19.1. The lowest BCUT2D eigenvalue weighted by molar-refractivity contribution is -0.0345. The van der Waals surface area contributed by atoms with E-state index in [9.17, 15) is 9.50 Å². The number of ether oxygens (including phenoxy) is 1. The van der Waals surface area contributed by atoms with Gasteiger partial charge in [0.2, 0.25) is 0 Å². The Balaban J connectivity index is 2.80. The maximum Gasteiger partial charge on any atom is 0.123 e. The third-order valence-corrected chi connectivity index (χ3v) is 2.03. The lowest BCUT2D eigenvalue weighted by Crippen LogP contribution is -2.27. The van der Waals surface area contributed by atoms with Crippen molar-refractivity contribution in [3.8, 4) is 0 Å². The summed E-state index contributed by atoms with van der Waals surface area (Å²) < 4.78 is 18.0. The number of hydrogen-bond acceptors (Lipinski definition) is 2. The standard InChI is InChI=1S/C11H15FO2/c1-3-14-8-11(2,13)9-5-4-6-10(12)7-9/h4-7,13H,3,8H2,1-2H3. The van der Waals surface area contributed by atoms with Crippen LogP contribution >= 0.6 is 0 Å². The fraction of sp³-hybridized carbons (Fsp3) is 0.455. The lowest BCUT2D eigenvalue weighted by Gasteiger charge is -2.23. The molecule has 0 amide bonds. The quantitative estimate of drug-likeness (QED) is 0.802. The summed E-state index contributed by atoms with van der Waals surface area (Å²) in [6, 6.07) is 5.92. The maximum atomic E-state index is 12.9. The van der Waals surface area contributed by atoms with E-state index in [-0.39, 0.29) is 12.4 Å². The molecule has 1 atom stereocenters. The van der Waals surface area contributed by atoms with Crippen LogP contribution in [0.1, 0.15) is 19.4 Å². The van der Waals surface area contributed by atoms with E-state index in [1.165, 1.54) is 12.1 Å². The molecule has 1 N–H and O–H groups in total. The summed E-state index contributed by atoms with van der Waals surface area (Å²) in [5.41, 5.74) is -0.594. The van der Waals surface area contributed by atoms with Gasteiger partial charge in [0.25, 0.3) is 0 Å². The van der Waals surface area contributed by atoms with E-state index in [0.29, 0.717) is 12.2 Å². The molecular formula is C11H15FO2. The highest BCUT2D eigenvalue weighted by Gasteiger charge is 2.23. The summed E-state index contributed by atoms with van der Waals surface area (Å²) in [4.78, 5) is 0. The van der Waals surface area contributed by atoms with Crippen molar-refractivity contribution in [1.82, 2.24) is 0 Å². The summed E-state index contributed by atoms with van der Waals surface area (Å²) in [6.45, 7) is 4.16. The van der Waals surface area contributed by atoms with Crippen LogP contribution in [-0.2, 0) is 10.3 Å². The second-order valence-corrected chi connectivity index (χ2v) is 3.42. The maximum absolute atomic E-state index is 12.9. The van der Waals surface area contributed by atoms with Crippen molar-refractivity contribution >= 4 is 0 Å². The first-order valence-electron chi connectivity index (χ1n) is 4.62. The molecule has 0 aliphatic rings. The fourth-order valence-electron chi connectivity index (χ4n) is 1.21. The number of rotatable bonds is 4. The van der Waals surface area contributed by atoms with E-state index < -0.39 is 5.60 Å². The minimum absolute atomic E-state index is 0.174. The lowest BCUT2D eigenvalue weighted by atomic mass is 9.97. The third kappa shape index (κ3) is 2.79. The number of aliphatic hydroxyl groups is 1. The molecule has 1 aromatic carbocycles. The van der Waals surface area contributed by atoms with Gasteiger partial charge < -0.3 is 9.84 Å². The van der Waals surface area contributed by atoms with Crippen LogP contribution in [0.5, 0.6) is 0 Å². The highest BCUT2D eigenvalue weighted by molar-refractivity contribution is 5.22. The van der Waals surface area contributed by atoms with Gasteiger partial charge in [0.05, 0.1) is 6.61 Å². The van der Waals surface area contributed by atoms with Crippen LogP contribution in [0.3, 0.4) is 0 Å². The summed E-state index contributed by atoms with van der Waals surface area (Å²) in [6.07, 6.45) is 0. The van der Waals surface area contributed by atoms with Gasteiger partial charge in [-0.1, -0.05) is 12.1 Å². The van der Waals surface area contributed by atoms with Crippen LogP contribution in [0.15, 0.2) is 24.3 Å². The highest BCUT2D eigenvalue weighted by Crippen LogP contribution is 2.21. The average Bonchev–Trinajstić information content (AvgIpc) is 2.15. The van der Waals surface area contributed by atoms with E-state index in [1.54, 1.807) is 19.1 Å². The second kappa shape index (κ2) is 4.53. The summed E-state index contributed by atoms with van der Waals surface area (Å²) in [7, 11) is 0. The molecule has 0 aliphatic heterocycles. The molecule has 0 aliphatic carbocycles. The Hall–Kier alpha value is -0.930. The van der Waals surface area contributed by atoms with Crippen LogP contribution < -0.4 is 0 Å². The summed E-state index contributed by atoms with van der Waals surface area (Å²) >= 11 is 0. The average molecular weight is 198 g/mol. The Morgan fingerprint density at radius 3 is 2.79 bits per heavy atom. The van der Waals surface area contributed by atoms with Gasteiger partial charge in [-0.15, -0.1) is 0 Å². The van der Waals surface area contributed by atoms with Gasteiger partial charge in [-0.3, -0.25) is 0 Å². The molecule has 2 nitrogen and oxygen atoms in total. The monoisotopic (exact) mass is 198 g/mol. The van der Waals surface area contributed by atoms with Crippen molar-refractivity contribution in [2.45, 2.75) is 19.4 Å². The predicted octanol–water partition coefficient (Wildman–Crippen LogP) is 2.07. The molecule has 1 aromatic rings. The minimum atomic E-state index is -1.13. The van der Waals surface area contributed by atoms with Gasteiger partial charge in [-0.25, -0.2) is 4.39 Å². The van der Waals surface area contributed by atoms with Crippen LogP contribution in [0, 0.1) is 5.82 Å². The van der Waals surface area contributed by atoms with E-state index >= 15 is 0 Å². The van der Waals surface area contributed by atoms with Crippen molar-refractivity contribution in [1.29, 1.82) is 0 Å². The Morgan fingerprint density at radius 2 is 2.21 bits per heavy atom. The zero-order valence-electron chi connectivity index (χ0n) is 8.46. The van der Waals surface area contributed by atoms with E-state index in [2.05, 4.69) is 0 Å². The minimum Gasteiger partial charge on any atom is -0.383 e. The number of benzene rings is 1.